The largest absolute Gasteiger partial charge is 0.492 e. The minimum absolute atomic E-state index is 0.0998. The number of rotatable bonds is 7. The Labute approximate surface area is 191 Å². The fourth-order valence-corrected chi connectivity index (χ4v) is 4.34. The van der Waals surface area contributed by atoms with Crippen LogP contribution in [0.4, 0.5) is 23.2 Å². The lowest BCUT2D eigenvalue weighted by molar-refractivity contribution is -0.144. The number of aromatic carboxylic acids is 1. The number of esters is 1. The predicted octanol–water partition coefficient (Wildman–Crippen LogP) is 3.58. The number of hydrogen-bond donors (Lipinski definition) is 1. The number of benzene rings is 1. The molecule has 12 heteroatoms. The molecule has 34 heavy (non-hydrogen) atoms. The highest BCUT2D eigenvalue weighted by atomic mass is 19.4. The molecule has 1 N–H and O–H groups in total. The first-order valence-electron chi connectivity index (χ1n) is 10.6. The lowest BCUT2D eigenvalue weighted by Crippen LogP contribution is -2.37. The van der Waals surface area contributed by atoms with Crippen molar-refractivity contribution in [3.8, 4) is 5.75 Å². The first-order chi connectivity index (χ1) is 16.0. The molecule has 0 unspecified atom stereocenters. The van der Waals surface area contributed by atoms with Gasteiger partial charge in [-0.3, -0.25) is 9.59 Å². The molecule has 1 aliphatic rings. The first kappa shape index (κ1) is 25.3. The smallest absolute Gasteiger partial charge is 0.406 e. The highest BCUT2D eigenvalue weighted by Gasteiger charge is 2.33. The monoisotopic (exact) mass is 488 g/mol. The van der Waals surface area contributed by atoms with Gasteiger partial charge in [0, 0.05) is 19.3 Å². The van der Waals surface area contributed by atoms with Crippen molar-refractivity contribution in [2.75, 3.05) is 31.7 Å². The molecular formula is C22H24F4N2O6. The molecule has 1 saturated heterocycles. The summed E-state index contributed by atoms with van der Waals surface area (Å²) in [6.07, 6.45) is -2.81. The number of pyridine rings is 1. The zero-order valence-corrected chi connectivity index (χ0v) is 18.6. The van der Waals surface area contributed by atoms with E-state index < -0.39 is 46.9 Å². The Hall–Kier alpha value is -3.31. The Morgan fingerprint density at radius 3 is 2.59 bits per heavy atom. The number of carboxylic acid groups (broad SMARTS) is 1. The first-order valence-corrected chi connectivity index (χ1v) is 10.6. The third-order valence-electron chi connectivity index (χ3n) is 5.62. The number of carbonyl (C=O) groups is 2. The SMILES string of the molecule is CCOC(=O)C[C@H]1CCCN(c2c(F)cc3c(=O)c(C(=O)O)cn(CC(F)(F)F)c3c2OC)C1. The standard InChI is InChI=1S/C22H24F4N2O6/c1-3-34-16(29)7-12-5-4-6-27(9-12)18-15(23)8-13-17(20(18)33-2)28(11-22(24,25)26)10-14(19(13)30)21(31)32/h8,10,12H,3-7,9,11H2,1-2H3,(H,31,32)/t12-/m1/s1. The van der Waals surface area contributed by atoms with Gasteiger partial charge in [0.25, 0.3) is 0 Å². The highest BCUT2D eigenvalue weighted by molar-refractivity contribution is 5.97. The summed E-state index contributed by atoms with van der Waals surface area (Å²) < 4.78 is 66.0. The molecule has 0 aliphatic carbocycles. The van der Waals surface area contributed by atoms with E-state index in [1.807, 2.05) is 0 Å². The van der Waals surface area contributed by atoms with Crippen LogP contribution in [0, 0.1) is 11.7 Å². The summed E-state index contributed by atoms with van der Waals surface area (Å²) in [5.74, 6) is -3.58. The molecule has 2 aromatic rings. The van der Waals surface area contributed by atoms with Crippen LogP contribution in [-0.2, 0) is 16.1 Å². The third kappa shape index (κ3) is 5.26. The molecule has 1 atom stereocenters. The molecule has 2 heterocycles. The topological polar surface area (TPSA) is 98.1 Å². The van der Waals surface area contributed by atoms with Crippen LogP contribution in [0.25, 0.3) is 10.9 Å². The van der Waals surface area contributed by atoms with E-state index in [9.17, 15) is 32.7 Å². The molecule has 1 aromatic carbocycles. The molecule has 0 amide bonds. The number of piperidine rings is 1. The van der Waals surface area contributed by atoms with Gasteiger partial charge in [-0.15, -0.1) is 0 Å². The molecule has 8 nitrogen and oxygen atoms in total. The second-order valence-corrected chi connectivity index (χ2v) is 8.02. The van der Waals surface area contributed by atoms with Gasteiger partial charge < -0.3 is 24.0 Å². The zero-order chi connectivity index (χ0) is 25.2. The summed E-state index contributed by atoms with van der Waals surface area (Å²) >= 11 is 0. The summed E-state index contributed by atoms with van der Waals surface area (Å²) in [6.45, 7) is 0.841. The van der Waals surface area contributed by atoms with E-state index in [2.05, 4.69) is 0 Å². The number of nitrogens with zero attached hydrogens (tertiary/aromatic N) is 2. The summed E-state index contributed by atoms with van der Waals surface area (Å²) in [5.41, 5.74) is -2.55. The van der Waals surface area contributed by atoms with Crippen LogP contribution in [0.1, 0.15) is 36.5 Å². The Bertz CT molecular complexity index is 1160. The van der Waals surface area contributed by atoms with E-state index in [1.54, 1.807) is 11.8 Å². The van der Waals surface area contributed by atoms with Gasteiger partial charge in [-0.05, 0) is 31.7 Å². The number of carboxylic acids is 1. The van der Waals surface area contributed by atoms with Crippen LogP contribution < -0.4 is 15.1 Å². The fraction of sp³-hybridized carbons (Fsp3) is 0.500. The van der Waals surface area contributed by atoms with E-state index in [0.29, 0.717) is 30.2 Å². The van der Waals surface area contributed by atoms with Gasteiger partial charge in [0.05, 0.1) is 31.0 Å². The van der Waals surface area contributed by atoms with Crippen molar-refractivity contribution < 1.29 is 41.7 Å². The highest BCUT2D eigenvalue weighted by Crippen LogP contribution is 2.40. The quantitative estimate of drug-likeness (QED) is 0.470. The van der Waals surface area contributed by atoms with E-state index in [1.165, 1.54) is 0 Å². The molecule has 0 radical (unpaired) electrons. The van der Waals surface area contributed by atoms with Gasteiger partial charge in [-0.1, -0.05) is 0 Å². The fourth-order valence-electron chi connectivity index (χ4n) is 4.34. The molecule has 0 spiro atoms. The Morgan fingerprint density at radius 2 is 2.00 bits per heavy atom. The van der Waals surface area contributed by atoms with Crippen LogP contribution >= 0.6 is 0 Å². The molecule has 3 rings (SSSR count). The Balaban J connectivity index is 2.18. The van der Waals surface area contributed by atoms with Crippen LogP contribution in [0.15, 0.2) is 17.1 Å². The minimum Gasteiger partial charge on any atom is -0.492 e. The van der Waals surface area contributed by atoms with E-state index >= 15 is 4.39 Å². The molecule has 0 bridgehead atoms. The number of anilines is 1. The van der Waals surface area contributed by atoms with Gasteiger partial charge >= 0.3 is 18.1 Å². The maximum Gasteiger partial charge on any atom is 0.406 e. The van der Waals surface area contributed by atoms with Crippen molar-refractivity contribution in [1.29, 1.82) is 0 Å². The van der Waals surface area contributed by atoms with E-state index in [4.69, 9.17) is 9.47 Å². The predicted molar refractivity (Wildman–Crippen MR) is 114 cm³/mol. The van der Waals surface area contributed by atoms with Crippen LogP contribution in [-0.4, -0.2) is 54.6 Å². The van der Waals surface area contributed by atoms with Gasteiger partial charge in [-0.25, -0.2) is 9.18 Å². The number of ether oxygens (including phenoxy) is 2. The molecular weight excluding hydrogens is 464 g/mol. The van der Waals surface area contributed by atoms with Crippen molar-refractivity contribution in [3.05, 3.63) is 33.9 Å². The van der Waals surface area contributed by atoms with Crippen LogP contribution in [0.3, 0.4) is 0 Å². The van der Waals surface area contributed by atoms with Crippen LogP contribution in [0.5, 0.6) is 5.75 Å². The van der Waals surface area contributed by atoms with Crippen molar-refractivity contribution >= 4 is 28.5 Å². The number of carbonyl (C=O) groups excluding carboxylic acids is 1. The molecule has 1 fully saturated rings. The van der Waals surface area contributed by atoms with Crippen molar-refractivity contribution in [3.63, 3.8) is 0 Å². The number of methoxy groups -OCH3 is 1. The van der Waals surface area contributed by atoms with Crippen molar-refractivity contribution in [2.45, 2.75) is 38.9 Å². The number of halogens is 4. The maximum atomic E-state index is 15.3. The number of aromatic nitrogens is 1. The maximum absolute atomic E-state index is 15.3. The van der Waals surface area contributed by atoms with E-state index in [-0.39, 0.29) is 42.4 Å². The summed E-state index contributed by atoms with van der Waals surface area (Å²) in [7, 11) is 1.13. The van der Waals surface area contributed by atoms with Gasteiger partial charge in [-0.2, -0.15) is 13.2 Å². The average molecular weight is 488 g/mol. The normalized spacial score (nSPS) is 16.5. The number of fused-ring (bicyclic) bond motifs is 1. The number of hydrogen-bond acceptors (Lipinski definition) is 6. The molecule has 1 aliphatic heterocycles. The summed E-state index contributed by atoms with van der Waals surface area (Å²) in [6, 6.07) is 0.740. The lowest BCUT2D eigenvalue weighted by Gasteiger charge is -2.35. The van der Waals surface area contributed by atoms with Crippen molar-refractivity contribution in [1.82, 2.24) is 4.57 Å². The Morgan fingerprint density at radius 1 is 1.29 bits per heavy atom. The summed E-state index contributed by atoms with van der Waals surface area (Å²) in [5, 5.41) is 8.74. The van der Waals surface area contributed by atoms with Crippen LogP contribution in [0.2, 0.25) is 0 Å². The van der Waals surface area contributed by atoms with E-state index in [0.717, 1.165) is 13.2 Å². The average Bonchev–Trinajstić information content (AvgIpc) is 2.74. The lowest BCUT2D eigenvalue weighted by atomic mass is 9.94. The van der Waals surface area contributed by atoms with Gasteiger partial charge in [0.15, 0.2) is 11.6 Å². The third-order valence-corrected chi connectivity index (χ3v) is 5.62. The van der Waals surface area contributed by atoms with Crippen molar-refractivity contribution in [2.24, 2.45) is 5.92 Å². The zero-order valence-electron chi connectivity index (χ0n) is 18.6. The molecule has 0 saturated carbocycles. The number of alkyl halides is 3. The molecule has 186 valence electrons. The minimum atomic E-state index is -4.76. The Kier molecular flexibility index (Phi) is 7.37. The molecule has 1 aromatic heterocycles. The van der Waals surface area contributed by atoms with Gasteiger partial charge in [0.2, 0.25) is 5.43 Å². The van der Waals surface area contributed by atoms with Gasteiger partial charge in [0.1, 0.15) is 17.8 Å². The second-order valence-electron chi connectivity index (χ2n) is 8.02. The summed E-state index contributed by atoms with van der Waals surface area (Å²) in [4.78, 5) is 37.6. The second kappa shape index (κ2) is 9.90.